The van der Waals surface area contributed by atoms with Crippen LogP contribution in [0.15, 0.2) is 116 Å². The molecule has 0 aliphatic heterocycles. The summed E-state index contributed by atoms with van der Waals surface area (Å²) in [4.78, 5) is 11.8. The molecule has 27 heteroatoms. The summed E-state index contributed by atoms with van der Waals surface area (Å²) in [5.41, 5.74) is -0.459. The lowest BCUT2D eigenvalue weighted by Gasteiger charge is -2.11. The highest BCUT2D eigenvalue weighted by Gasteiger charge is 2.23. The van der Waals surface area contributed by atoms with E-state index in [4.69, 9.17) is 9.29 Å². The van der Waals surface area contributed by atoms with Crippen LogP contribution >= 0.6 is 23.1 Å². The van der Waals surface area contributed by atoms with Gasteiger partial charge in [0.25, 0.3) is 41.0 Å². The van der Waals surface area contributed by atoms with Crippen molar-refractivity contribution in [1.29, 1.82) is 0 Å². The van der Waals surface area contributed by atoms with Crippen molar-refractivity contribution in [3.05, 3.63) is 82.8 Å². The number of azo groups is 3. The molecule has 4 aromatic carbocycles. The number of thioether (sulfide) groups is 1. The molecule has 2 aromatic heterocycles. The second-order valence-corrected chi connectivity index (χ2v) is 18.3. The monoisotopic (exact) mass is 904 g/mol. The van der Waals surface area contributed by atoms with Crippen LogP contribution in [0, 0.1) is 6.92 Å². The maximum atomic E-state index is 13.0. The maximum absolute atomic E-state index is 13.0. The lowest BCUT2D eigenvalue weighted by Crippen LogP contribution is -2.14. The van der Waals surface area contributed by atoms with Gasteiger partial charge in [0.15, 0.2) is 15.8 Å². The number of hydrogen-bond donors (Lipinski definition) is 5. The van der Waals surface area contributed by atoms with Crippen molar-refractivity contribution in [2.75, 3.05) is 18.6 Å². The molecule has 0 aliphatic rings. The topological polar surface area (TPSA) is 330 Å². The number of nitrogens with zero attached hydrogens (tertiary/aromatic N) is 9. The molecule has 308 valence electrons. The van der Waals surface area contributed by atoms with Gasteiger partial charge in [0.2, 0.25) is 0 Å². The minimum Gasteiger partial charge on any atom is -0.505 e. The molecular formula is C32H28N10O12S5. The van der Waals surface area contributed by atoms with E-state index in [1.807, 2.05) is 6.26 Å². The van der Waals surface area contributed by atoms with Crippen molar-refractivity contribution in [2.45, 2.75) is 27.5 Å². The van der Waals surface area contributed by atoms with Gasteiger partial charge in [-0.05, 0) is 73.7 Å². The molecular weight excluding hydrogens is 877 g/mol. The van der Waals surface area contributed by atoms with Gasteiger partial charge in [-0.2, -0.15) is 25.3 Å². The normalized spacial score (nSPS) is 12.8. The smallest absolute Gasteiger partial charge is 0.298 e. The Morgan fingerprint density at radius 1 is 0.780 bits per heavy atom. The van der Waals surface area contributed by atoms with Gasteiger partial charge in [-0.15, -0.1) is 40.9 Å². The molecule has 0 unspecified atom stereocenters. The first-order valence-corrected chi connectivity index (χ1v) is 22.9. The van der Waals surface area contributed by atoms with Crippen LogP contribution in [0.2, 0.25) is 0 Å². The zero-order valence-corrected chi connectivity index (χ0v) is 34.2. The van der Waals surface area contributed by atoms with Gasteiger partial charge in [-0.1, -0.05) is 29.2 Å². The molecule has 0 bridgehead atoms. The van der Waals surface area contributed by atoms with Crippen molar-refractivity contribution in [3.8, 4) is 17.2 Å². The SMILES string of the molecule is CSc1nnc(N=Nc2cc(OCCCS(=O)(=O)O)c(N=Nc3ccc4c(S(=O)(=O)O)c(N=Nc5c[nH]n(-c6ccc(S(=O)(=O)O)cc6)c5=O)ccc4c3O)cc2C)s1. The number of phenolic OH excluding ortho intramolecular Hbond substituents is 1. The standard InChI is InChI=1S/C32H28N10O12S5/c1-17-14-25(27(54-12-3-13-57(45,46)47)15-24(17)36-39-31-40-41-32(55-2)56-31)37-34-22-10-9-21-20(28(22)43)8-11-23(29(21)59(51,52)53)35-38-26-16-33-42(30(26)44)18-4-6-19(7-5-18)58(48,49)50/h4-11,14-16,33,43H,3,12-13H2,1-2H3,(H,45,46,47)(H,48,49,50)(H,51,52,53). The van der Waals surface area contributed by atoms with E-state index in [0.29, 0.717) is 20.7 Å². The Kier molecular flexibility index (Phi) is 12.5. The third kappa shape index (κ3) is 10.3. The predicted octanol–water partition coefficient (Wildman–Crippen LogP) is 7.30. The molecule has 0 aliphatic carbocycles. The van der Waals surface area contributed by atoms with Gasteiger partial charge in [0.1, 0.15) is 27.7 Å². The first-order valence-electron chi connectivity index (χ1n) is 16.3. The molecule has 0 amide bonds. The number of fused-ring (bicyclic) bond motifs is 1. The second-order valence-electron chi connectivity index (χ2n) is 11.9. The van der Waals surface area contributed by atoms with E-state index in [0.717, 1.165) is 29.1 Å². The number of benzene rings is 4. The Balaban J connectivity index is 1.31. The summed E-state index contributed by atoms with van der Waals surface area (Å²) >= 11 is 2.61. The minimum absolute atomic E-state index is 0.0783. The zero-order valence-electron chi connectivity index (χ0n) is 30.1. The molecule has 0 atom stereocenters. The van der Waals surface area contributed by atoms with E-state index in [2.05, 4.69) is 46.0 Å². The van der Waals surface area contributed by atoms with Crippen molar-refractivity contribution < 1.29 is 48.8 Å². The molecule has 0 saturated carbocycles. The van der Waals surface area contributed by atoms with Crippen LogP contribution in [0.3, 0.4) is 0 Å². The predicted molar refractivity (Wildman–Crippen MR) is 214 cm³/mol. The molecule has 59 heavy (non-hydrogen) atoms. The second kappa shape index (κ2) is 17.2. The molecule has 6 aromatic rings. The number of nitrogens with one attached hydrogen (secondary N) is 1. The van der Waals surface area contributed by atoms with E-state index in [1.54, 1.807) is 6.92 Å². The quantitative estimate of drug-likeness (QED) is 0.0292. The Morgan fingerprint density at radius 2 is 1.42 bits per heavy atom. The number of phenols is 1. The first-order chi connectivity index (χ1) is 27.8. The van der Waals surface area contributed by atoms with Gasteiger partial charge >= 0.3 is 0 Å². The fraction of sp³-hybridized carbons (Fsp3) is 0.156. The number of H-pyrrole nitrogens is 1. The number of ether oxygens (including phenoxy) is 1. The highest BCUT2D eigenvalue weighted by atomic mass is 32.2. The highest BCUT2D eigenvalue weighted by molar-refractivity contribution is 8.00. The van der Waals surface area contributed by atoms with Crippen LogP contribution < -0.4 is 10.3 Å². The average Bonchev–Trinajstić information content (AvgIpc) is 3.79. The molecule has 0 spiro atoms. The van der Waals surface area contributed by atoms with E-state index in [-0.39, 0.29) is 52.3 Å². The molecule has 0 fully saturated rings. The summed E-state index contributed by atoms with van der Waals surface area (Å²) in [7, 11) is -13.8. The number of rotatable bonds is 15. The van der Waals surface area contributed by atoms with Crippen LogP contribution in [0.5, 0.6) is 11.5 Å². The fourth-order valence-corrected chi connectivity index (χ4v) is 8.06. The Hall–Kier alpha value is -5.81. The van der Waals surface area contributed by atoms with E-state index < -0.39 is 62.9 Å². The van der Waals surface area contributed by atoms with E-state index in [1.165, 1.54) is 65.6 Å². The fourth-order valence-electron chi connectivity index (χ4n) is 5.19. The Labute approximate surface area is 341 Å². The molecule has 22 nitrogen and oxygen atoms in total. The summed E-state index contributed by atoms with van der Waals surface area (Å²) in [6.45, 7) is 1.53. The van der Waals surface area contributed by atoms with Crippen molar-refractivity contribution in [1.82, 2.24) is 20.0 Å². The third-order valence-electron chi connectivity index (χ3n) is 7.91. The third-order valence-corrected chi connectivity index (χ3v) is 12.3. The van der Waals surface area contributed by atoms with Crippen LogP contribution in [-0.4, -0.2) is 82.6 Å². The number of aromatic hydroxyl groups is 1. The molecule has 6 rings (SSSR count). The lowest BCUT2D eigenvalue weighted by atomic mass is 10.1. The summed E-state index contributed by atoms with van der Waals surface area (Å²) in [6.07, 6.45) is 2.89. The highest BCUT2D eigenvalue weighted by Crippen LogP contribution is 2.43. The Morgan fingerprint density at radius 3 is 2.08 bits per heavy atom. The summed E-state index contributed by atoms with van der Waals surface area (Å²) in [5, 5.41) is 46.1. The average molecular weight is 905 g/mol. The molecule has 2 heterocycles. The van der Waals surface area contributed by atoms with Crippen molar-refractivity contribution in [3.63, 3.8) is 0 Å². The van der Waals surface area contributed by atoms with Crippen LogP contribution in [0.25, 0.3) is 16.5 Å². The summed E-state index contributed by atoms with van der Waals surface area (Å²) in [6, 6.07) is 12.4. The molecule has 5 N–H and O–H groups in total. The largest absolute Gasteiger partial charge is 0.505 e. The summed E-state index contributed by atoms with van der Waals surface area (Å²) < 4.78 is 106. The number of aryl methyl sites for hydroxylation is 1. The summed E-state index contributed by atoms with van der Waals surface area (Å²) in [5.74, 6) is -1.03. The van der Waals surface area contributed by atoms with Gasteiger partial charge in [-0.25, -0.2) is 4.68 Å². The van der Waals surface area contributed by atoms with Crippen molar-refractivity contribution in [2.24, 2.45) is 30.7 Å². The number of aromatic nitrogens is 4. The number of aromatic amines is 1. The van der Waals surface area contributed by atoms with E-state index in [9.17, 15) is 44.3 Å². The minimum atomic E-state index is -5.04. The molecule has 0 saturated heterocycles. The molecule has 0 radical (unpaired) electrons. The van der Waals surface area contributed by atoms with Gasteiger partial charge in [-0.3, -0.25) is 23.6 Å². The van der Waals surface area contributed by atoms with E-state index >= 15 is 0 Å². The lowest BCUT2D eigenvalue weighted by molar-refractivity contribution is 0.317. The van der Waals surface area contributed by atoms with Crippen molar-refractivity contribution >= 4 is 97.8 Å². The van der Waals surface area contributed by atoms with Crippen LogP contribution in [0.1, 0.15) is 12.0 Å². The van der Waals surface area contributed by atoms with Gasteiger partial charge in [0.05, 0.1) is 34.8 Å². The van der Waals surface area contributed by atoms with Gasteiger partial charge in [0, 0.05) is 16.8 Å². The maximum Gasteiger partial charge on any atom is 0.298 e. The van der Waals surface area contributed by atoms with Crippen LogP contribution in [0.4, 0.5) is 33.6 Å². The first kappa shape index (κ1) is 42.8. The van der Waals surface area contributed by atoms with Crippen LogP contribution in [-0.2, 0) is 30.4 Å². The number of hydrogen-bond acceptors (Lipinski definition) is 19. The Bertz CT molecular complexity index is 3070. The zero-order chi connectivity index (χ0) is 42.7. The van der Waals surface area contributed by atoms with Gasteiger partial charge < -0.3 is 9.84 Å².